The van der Waals surface area contributed by atoms with Gasteiger partial charge in [0.2, 0.25) is 0 Å². The van der Waals surface area contributed by atoms with E-state index in [1.165, 1.54) is 11.1 Å². The van der Waals surface area contributed by atoms with Crippen LogP contribution in [0.4, 0.5) is 17.1 Å². The molecule has 0 bridgehead atoms. The van der Waals surface area contributed by atoms with Gasteiger partial charge in [0, 0.05) is 11.4 Å². The highest BCUT2D eigenvalue weighted by Crippen LogP contribution is 2.19. The fourth-order valence-corrected chi connectivity index (χ4v) is 2.30. The van der Waals surface area contributed by atoms with Gasteiger partial charge >= 0.3 is 0 Å². The van der Waals surface area contributed by atoms with E-state index in [1.54, 1.807) is 12.3 Å². The number of amides is 1. The zero-order chi connectivity index (χ0) is 16.9. The highest BCUT2D eigenvalue weighted by molar-refractivity contribution is 6.02. The molecule has 1 aromatic heterocycles. The van der Waals surface area contributed by atoms with Crippen molar-refractivity contribution in [3.63, 3.8) is 0 Å². The lowest BCUT2D eigenvalue weighted by Gasteiger charge is -2.09. The van der Waals surface area contributed by atoms with Crippen LogP contribution in [0, 0.1) is 13.8 Å². The summed E-state index contributed by atoms with van der Waals surface area (Å²) in [6.07, 6.45) is 1.66. The number of nitrogens with zero attached hydrogens (tertiary/aromatic N) is 1. The maximum Gasteiger partial charge on any atom is 0.274 e. The fourth-order valence-electron chi connectivity index (χ4n) is 2.30. The molecule has 0 spiro atoms. The quantitative estimate of drug-likeness (QED) is 0.733. The third kappa shape index (κ3) is 3.79. The Morgan fingerprint density at radius 2 is 1.58 bits per heavy atom. The highest BCUT2D eigenvalue weighted by Gasteiger charge is 2.07. The number of anilines is 3. The average Bonchev–Trinajstić information content (AvgIpc) is 2.60. The minimum Gasteiger partial charge on any atom is -0.354 e. The minimum absolute atomic E-state index is 0.223. The summed E-state index contributed by atoms with van der Waals surface area (Å²) in [5.74, 6) is -0.223. The molecule has 0 atom stereocenters. The van der Waals surface area contributed by atoms with E-state index in [1.807, 2.05) is 42.5 Å². The molecule has 0 aliphatic heterocycles. The summed E-state index contributed by atoms with van der Waals surface area (Å²) in [6, 6.07) is 19.1. The van der Waals surface area contributed by atoms with Crippen molar-refractivity contribution in [3.05, 3.63) is 83.7 Å². The number of pyridine rings is 1. The van der Waals surface area contributed by atoms with Crippen LogP contribution in [0.1, 0.15) is 21.6 Å². The van der Waals surface area contributed by atoms with Gasteiger partial charge in [-0.2, -0.15) is 0 Å². The summed E-state index contributed by atoms with van der Waals surface area (Å²) < 4.78 is 0. The van der Waals surface area contributed by atoms with Gasteiger partial charge in [-0.3, -0.25) is 4.79 Å². The summed E-state index contributed by atoms with van der Waals surface area (Å²) in [5, 5.41) is 6.11. The molecule has 3 rings (SSSR count). The van der Waals surface area contributed by atoms with Gasteiger partial charge in [-0.25, -0.2) is 4.98 Å². The van der Waals surface area contributed by atoms with Crippen molar-refractivity contribution in [2.24, 2.45) is 0 Å². The zero-order valence-corrected chi connectivity index (χ0v) is 13.7. The van der Waals surface area contributed by atoms with Crippen molar-refractivity contribution in [2.45, 2.75) is 13.8 Å². The Bertz CT molecular complexity index is 843. The third-order valence-corrected chi connectivity index (χ3v) is 3.82. The van der Waals surface area contributed by atoms with E-state index in [4.69, 9.17) is 0 Å². The molecular formula is C20H19N3O. The number of benzene rings is 2. The van der Waals surface area contributed by atoms with Gasteiger partial charge in [-0.1, -0.05) is 24.3 Å². The van der Waals surface area contributed by atoms with Gasteiger partial charge in [0.15, 0.2) is 0 Å². The largest absolute Gasteiger partial charge is 0.354 e. The number of carbonyl (C=O) groups excluding carboxylic acids is 1. The lowest BCUT2D eigenvalue weighted by atomic mass is 10.1. The van der Waals surface area contributed by atoms with Crippen LogP contribution in [0.3, 0.4) is 0 Å². The van der Waals surface area contributed by atoms with E-state index in [-0.39, 0.29) is 5.91 Å². The number of hydrogen-bond donors (Lipinski definition) is 2. The average molecular weight is 317 g/mol. The molecular weight excluding hydrogens is 298 g/mol. The van der Waals surface area contributed by atoms with E-state index in [9.17, 15) is 4.79 Å². The van der Waals surface area contributed by atoms with Gasteiger partial charge in [0.05, 0.1) is 11.9 Å². The summed E-state index contributed by atoms with van der Waals surface area (Å²) in [5.41, 5.74) is 5.46. The first-order valence-electron chi connectivity index (χ1n) is 7.78. The van der Waals surface area contributed by atoms with Crippen molar-refractivity contribution < 1.29 is 4.79 Å². The maximum absolute atomic E-state index is 12.2. The normalized spacial score (nSPS) is 10.2. The number of aryl methyl sites for hydroxylation is 2. The Morgan fingerprint density at radius 1 is 0.833 bits per heavy atom. The van der Waals surface area contributed by atoms with Gasteiger partial charge in [-0.15, -0.1) is 0 Å². The predicted molar refractivity (Wildman–Crippen MR) is 97.8 cm³/mol. The SMILES string of the molecule is Cc1ccc(Nc2ccc(C(=O)Nc3ccccc3)nc2)cc1C. The molecule has 0 saturated heterocycles. The Hall–Kier alpha value is -3.14. The van der Waals surface area contributed by atoms with Crippen molar-refractivity contribution in [3.8, 4) is 0 Å². The molecule has 4 nitrogen and oxygen atoms in total. The second-order valence-electron chi connectivity index (χ2n) is 5.68. The van der Waals surface area contributed by atoms with E-state index in [2.05, 4.69) is 41.6 Å². The number of nitrogens with one attached hydrogen (secondary N) is 2. The third-order valence-electron chi connectivity index (χ3n) is 3.82. The Kier molecular flexibility index (Phi) is 4.57. The molecule has 0 aliphatic rings. The van der Waals surface area contributed by atoms with Crippen LogP contribution in [0.5, 0.6) is 0 Å². The lowest BCUT2D eigenvalue weighted by molar-refractivity contribution is 0.102. The lowest BCUT2D eigenvalue weighted by Crippen LogP contribution is -2.13. The van der Waals surface area contributed by atoms with Crippen LogP contribution in [0.15, 0.2) is 66.9 Å². The summed E-state index contributed by atoms with van der Waals surface area (Å²) in [6.45, 7) is 4.16. The molecule has 1 heterocycles. The topological polar surface area (TPSA) is 54.0 Å². The van der Waals surface area contributed by atoms with Crippen molar-refractivity contribution in [1.82, 2.24) is 4.98 Å². The molecule has 0 saturated carbocycles. The molecule has 0 radical (unpaired) electrons. The first-order chi connectivity index (χ1) is 11.6. The number of hydrogen-bond acceptors (Lipinski definition) is 3. The van der Waals surface area contributed by atoms with E-state index < -0.39 is 0 Å². The van der Waals surface area contributed by atoms with E-state index >= 15 is 0 Å². The predicted octanol–water partition coefficient (Wildman–Crippen LogP) is 4.69. The molecule has 2 aromatic carbocycles. The molecule has 0 unspecified atom stereocenters. The Morgan fingerprint density at radius 3 is 2.25 bits per heavy atom. The first-order valence-corrected chi connectivity index (χ1v) is 7.78. The fraction of sp³-hybridized carbons (Fsp3) is 0.100. The monoisotopic (exact) mass is 317 g/mol. The number of para-hydroxylation sites is 1. The Labute approximate surface area is 141 Å². The molecule has 0 fully saturated rings. The van der Waals surface area contributed by atoms with Gasteiger partial charge in [0.25, 0.3) is 5.91 Å². The van der Waals surface area contributed by atoms with Crippen molar-refractivity contribution in [1.29, 1.82) is 0 Å². The van der Waals surface area contributed by atoms with Crippen LogP contribution < -0.4 is 10.6 Å². The highest BCUT2D eigenvalue weighted by atomic mass is 16.1. The van der Waals surface area contributed by atoms with Crippen LogP contribution in [-0.2, 0) is 0 Å². The first kappa shape index (κ1) is 15.7. The van der Waals surface area contributed by atoms with Crippen molar-refractivity contribution >= 4 is 23.0 Å². The summed E-state index contributed by atoms with van der Waals surface area (Å²) in [4.78, 5) is 16.4. The van der Waals surface area contributed by atoms with Crippen LogP contribution in [0.2, 0.25) is 0 Å². The number of aromatic nitrogens is 1. The van der Waals surface area contributed by atoms with Crippen LogP contribution in [-0.4, -0.2) is 10.9 Å². The zero-order valence-electron chi connectivity index (χ0n) is 13.7. The van der Waals surface area contributed by atoms with Crippen LogP contribution in [0.25, 0.3) is 0 Å². The number of carbonyl (C=O) groups is 1. The molecule has 24 heavy (non-hydrogen) atoms. The van der Waals surface area contributed by atoms with Crippen LogP contribution >= 0.6 is 0 Å². The summed E-state index contributed by atoms with van der Waals surface area (Å²) in [7, 11) is 0. The molecule has 1 amide bonds. The molecule has 2 N–H and O–H groups in total. The van der Waals surface area contributed by atoms with E-state index in [0.717, 1.165) is 17.1 Å². The van der Waals surface area contributed by atoms with Gasteiger partial charge in [-0.05, 0) is 61.4 Å². The Balaban J connectivity index is 1.68. The second-order valence-corrected chi connectivity index (χ2v) is 5.68. The maximum atomic E-state index is 12.2. The standard InChI is InChI=1S/C20H19N3O/c1-14-8-9-17(12-15(14)2)22-18-10-11-19(21-13-18)20(24)23-16-6-4-3-5-7-16/h3-13,22H,1-2H3,(H,23,24). The smallest absolute Gasteiger partial charge is 0.274 e. The molecule has 3 aromatic rings. The second kappa shape index (κ2) is 6.96. The van der Waals surface area contributed by atoms with E-state index in [0.29, 0.717) is 5.69 Å². The minimum atomic E-state index is -0.223. The molecule has 120 valence electrons. The number of rotatable bonds is 4. The summed E-state index contributed by atoms with van der Waals surface area (Å²) >= 11 is 0. The van der Waals surface area contributed by atoms with Crippen molar-refractivity contribution in [2.75, 3.05) is 10.6 Å². The van der Waals surface area contributed by atoms with Gasteiger partial charge in [0.1, 0.15) is 5.69 Å². The molecule has 0 aliphatic carbocycles. The van der Waals surface area contributed by atoms with Gasteiger partial charge < -0.3 is 10.6 Å². The molecule has 4 heteroatoms.